The molecule has 0 heterocycles. The molecule has 0 aromatic heterocycles. The normalized spacial score (nSPS) is 11.8. The van der Waals surface area contributed by atoms with Crippen molar-refractivity contribution in [3.8, 4) is 0 Å². The zero-order chi connectivity index (χ0) is 7.33. The Balaban J connectivity index is 3.30. The van der Waals surface area contributed by atoms with Crippen LogP contribution in [-0.4, -0.2) is 32.3 Å². The lowest BCUT2D eigenvalue weighted by Crippen LogP contribution is -2.79. The van der Waals surface area contributed by atoms with Crippen LogP contribution in [0.3, 0.4) is 0 Å². The second-order valence-corrected chi connectivity index (χ2v) is 3.41. The molecule has 0 fully saturated rings. The minimum atomic E-state index is -3.72. The third-order valence-corrected chi connectivity index (χ3v) is 1.70. The van der Waals surface area contributed by atoms with Crippen molar-refractivity contribution < 1.29 is 18.3 Å². The number of quaternary nitrogens is 1. The second kappa shape index (κ2) is 3.81. The van der Waals surface area contributed by atoms with Crippen molar-refractivity contribution in [2.45, 2.75) is 6.42 Å². The highest BCUT2D eigenvalue weighted by molar-refractivity contribution is 7.85. The van der Waals surface area contributed by atoms with Gasteiger partial charge in [-0.15, -0.1) is 0 Å². The van der Waals surface area contributed by atoms with Gasteiger partial charge in [0.05, 0.1) is 19.3 Å². The number of rotatable bonds is 4. The highest BCUT2D eigenvalue weighted by atomic mass is 32.2. The van der Waals surface area contributed by atoms with Gasteiger partial charge >= 0.3 is 0 Å². The van der Waals surface area contributed by atoms with Crippen LogP contribution in [0, 0.1) is 0 Å². The van der Waals surface area contributed by atoms with Crippen LogP contribution in [0.5, 0.6) is 0 Å². The lowest BCUT2D eigenvalue weighted by molar-refractivity contribution is -0.626. The summed E-state index contributed by atoms with van der Waals surface area (Å²) in [7, 11) is -1.87. The van der Waals surface area contributed by atoms with Gasteiger partial charge in [-0.25, -0.2) is 0 Å². The van der Waals surface area contributed by atoms with E-state index in [1.807, 2.05) is 12.4 Å². The molecular weight excluding hydrogens is 142 g/mol. The average Bonchev–Trinajstić information content (AvgIpc) is 1.63. The Morgan fingerprint density at radius 3 is 2.44 bits per heavy atom. The predicted molar refractivity (Wildman–Crippen MR) is 33.7 cm³/mol. The average molecular weight is 154 g/mol. The molecule has 9 heavy (non-hydrogen) atoms. The van der Waals surface area contributed by atoms with Gasteiger partial charge in [-0.1, -0.05) is 0 Å². The van der Waals surface area contributed by atoms with Crippen LogP contribution >= 0.6 is 0 Å². The molecular formula is C4H12NO3S+. The number of hydrogen-bond donors (Lipinski definition) is 2. The monoisotopic (exact) mass is 154 g/mol. The topological polar surface area (TPSA) is 71.0 Å². The molecule has 0 spiro atoms. The fourth-order valence-electron chi connectivity index (χ4n) is 0.470. The predicted octanol–water partition coefficient (Wildman–Crippen LogP) is -1.54. The first-order valence-corrected chi connectivity index (χ1v) is 4.40. The summed E-state index contributed by atoms with van der Waals surface area (Å²) in [6.45, 7) is 0.736. The van der Waals surface area contributed by atoms with Gasteiger partial charge in [-0.05, 0) is 0 Å². The minimum absolute atomic E-state index is 0.128. The molecule has 0 aliphatic heterocycles. The van der Waals surface area contributed by atoms with E-state index in [4.69, 9.17) is 4.55 Å². The Morgan fingerprint density at radius 1 is 1.56 bits per heavy atom. The van der Waals surface area contributed by atoms with Gasteiger partial charge in [-0.2, -0.15) is 8.42 Å². The van der Waals surface area contributed by atoms with Gasteiger partial charge < -0.3 is 5.32 Å². The standard InChI is InChI=1S/C4H11NO3S/c1-5-3-2-4-9(6,7)8/h5H,2-4H2,1H3,(H,6,7,8)/p+1. The number of hydrogen-bond acceptors (Lipinski definition) is 2. The van der Waals surface area contributed by atoms with Crippen LogP contribution in [0.4, 0.5) is 0 Å². The van der Waals surface area contributed by atoms with Crippen LogP contribution in [-0.2, 0) is 10.1 Å². The molecule has 0 saturated carbocycles. The molecule has 0 aromatic carbocycles. The lowest BCUT2D eigenvalue weighted by Gasteiger charge is -1.92. The van der Waals surface area contributed by atoms with E-state index in [9.17, 15) is 8.42 Å². The Hall–Kier alpha value is -0.130. The molecule has 0 rings (SSSR count). The van der Waals surface area contributed by atoms with Gasteiger partial charge in [0.15, 0.2) is 0 Å². The summed E-state index contributed by atoms with van der Waals surface area (Å²) in [5.41, 5.74) is 0. The maximum absolute atomic E-state index is 10.0. The molecule has 0 unspecified atom stereocenters. The molecule has 0 atom stereocenters. The van der Waals surface area contributed by atoms with Crippen molar-refractivity contribution in [1.82, 2.24) is 0 Å². The van der Waals surface area contributed by atoms with Crippen molar-refractivity contribution in [3.63, 3.8) is 0 Å². The minimum Gasteiger partial charge on any atom is -0.349 e. The fraction of sp³-hybridized carbons (Fsp3) is 1.00. The van der Waals surface area contributed by atoms with Crippen LogP contribution in [0.2, 0.25) is 0 Å². The van der Waals surface area contributed by atoms with Gasteiger partial charge in [0.2, 0.25) is 0 Å². The van der Waals surface area contributed by atoms with E-state index in [0.29, 0.717) is 6.42 Å². The zero-order valence-corrected chi connectivity index (χ0v) is 6.19. The van der Waals surface area contributed by atoms with Crippen LogP contribution in [0.15, 0.2) is 0 Å². The smallest absolute Gasteiger partial charge is 0.265 e. The maximum Gasteiger partial charge on any atom is 0.265 e. The molecule has 0 bridgehead atoms. The van der Waals surface area contributed by atoms with Gasteiger partial charge in [0.25, 0.3) is 10.1 Å². The molecule has 3 N–H and O–H groups in total. The highest BCUT2D eigenvalue weighted by Gasteiger charge is 2.02. The quantitative estimate of drug-likeness (QED) is 0.381. The van der Waals surface area contributed by atoms with E-state index >= 15 is 0 Å². The van der Waals surface area contributed by atoms with Crippen LogP contribution < -0.4 is 5.32 Å². The summed E-state index contributed by atoms with van der Waals surface area (Å²) >= 11 is 0. The molecule has 0 aliphatic carbocycles. The summed E-state index contributed by atoms with van der Waals surface area (Å²) < 4.78 is 28.3. The van der Waals surface area contributed by atoms with Gasteiger partial charge in [0, 0.05) is 6.42 Å². The first kappa shape index (κ1) is 8.87. The fourth-order valence-corrected chi connectivity index (χ4v) is 1.00. The summed E-state index contributed by atoms with van der Waals surface area (Å²) in [6, 6.07) is 0. The Bertz CT molecular complexity index is 151. The largest absolute Gasteiger partial charge is 0.349 e. The first-order valence-electron chi connectivity index (χ1n) is 2.79. The second-order valence-electron chi connectivity index (χ2n) is 1.84. The molecule has 4 nitrogen and oxygen atoms in total. The zero-order valence-electron chi connectivity index (χ0n) is 5.37. The Kier molecular flexibility index (Phi) is 3.76. The lowest BCUT2D eigenvalue weighted by atomic mass is 10.5. The van der Waals surface area contributed by atoms with Crippen molar-refractivity contribution in [3.05, 3.63) is 0 Å². The summed E-state index contributed by atoms with van der Waals surface area (Å²) in [4.78, 5) is 0. The van der Waals surface area contributed by atoms with E-state index in [1.165, 1.54) is 0 Å². The van der Waals surface area contributed by atoms with Crippen LogP contribution in [0.1, 0.15) is 6.42 Å². The molecule has 0 amide bonds. The van der Waals surface area contributed by atoms with E-state index in [-0.39, 0.29) is 5.75 Å². The van der Waals surface area contributed by atoms with Crippen molar-refractivity contribution in [2.24, 2.45) is 0 Å². The Labute approximate surface area is 55.0 Å². The third kappa shape index (κ3) is 7.87. The molecule has 5 heteroatoms. The molecule has 0 saturated heterocycles. The number of nitrogens with two attached hydrogens (primary N) is 1. The van der Waals surface area contributed by atoms with Gasteiger partial charge in [0.1, 0.15) is 0 Å². The molecule has 56 valence electrons. The molecule has 0 radical (unpaired) electrons. The highest BCUT2D eigenvalue weighted by Crippen LogP contribution is 1.83. The summed E-state index contributed by atoms with van der Waals surface area (Å²) in [5, 5.41) is 1.87. The summed E-state index contributed by atoms with van der Waals surface area (Å²) in [5.74, 6) is -0.128. The van der Waals surface area contributed by atoms with Crippen molar-refractivity contribution in [2.75, 3.05) is 19.3 Å². The molecule has 0 aromatic rings. The molecule has 0 aliphatic rings. The third-order valence-electron chi connectivity index (χ3n) is 0.895. The SMILES string of the molecule is C[NH2+]CCCS(=O)(=O)O. The maximum atomic E-state index is 10.0. The van der Waals surface area contributed by atoms with Crippen molar-refractivity contribution >= 4 is 10.1 Å². The van der Waals surface area contributed by atoms with E-state index in [2.05, 4.69) is 0 Å². The van der Waals surface area contributed by atoms with Crippen molar-refractivity contribution in [1.29, 1.82) is 0 Å². The first-order chi connectivity index (χ1) is 4.06. The van der Waals surface area contributed by atoms with E-state index < -0.39 is 10.1 Å². The van der Waals surface area contributed by atoms with Crippen LogP contribution in [0.25, 0.3) is 0 Å². The van der Waals surface area contributed by atoms with Gasteiger partial charge in [-0.3, -0.25) is 4.55 Å². The summed E-state index contributed by atoms with van der Waals surface area (Å²) in [6.07, 6.45) is 0.509. The Morgan fingerprint density at radius 2 is 2.11 bits per heavy atom. The van der Waals surface area contributed by atoms with E-state index in [0.717, 1.165) is 6.54 Å². The van der Waals surface area contributed by atoms with E-state index in [1.54, 1.807) is 0 Å².